The number of carbonyl (C=O) groups excluding carboxylic acids is 2. The fourth-order valence-corrected chi connectivity index (χ4v) is 3.66. The summed E-state index contributed by atoms with van der Waals surface area (Å²) in [6.45, 7) is 1.04. The van der Waals surface area contributed by atoms with Crippen LogP contribution in [0.15, 0.2) is 53.0 Å². The summed E-state index contributed by atoms with van der Waals surface area (Å²) in [6.07, 6.45) is 1.23. The van der Waals surface area contributed by atoms with Crippen molar-refractivity contribution < 1.29 is 14.3 Å². The highest BCUT2D eigenvalue weighted by Crippen LogP contribution is 2.30. The van der Waals surface area contributed by atoms with Gasteiger partial charge in [0.25, 0.3) is 5.91 Å². The maximum Gasteiger partial charge on any atom is 0.260 e. The number of hydrogen-bond donors (Lipinski definition) is 2. The zero-order chi connectivity index (χ0) is 19.2. The molecular weight excluding hydrogens is 410 g/mol. The van der Waals surface area contributed by atoms with Gasteiger partial charge in [-0.05, 0) is 52.0 Å². The van der Waals surface area contributed by atoms with Gasteiger partial charge in [-0.15, -0.1) is 0 Å². The molecule has 7 heteroatoms. The number of benzene rings is 2. The minimum Gasteiger partial charge on any atom is -0.483 e. The first-order chi connectivity index (χ1) is 13.1. The van der Waals surface area contributed by atoms with E-state index in [-0.39, 0.29) is 24.3 Å². The van der Waals surface area contributed by atoms with E-state index in [1.54, 1.807) is 4.90 Å². The van der Waals surface area contributed by atoms with Gasteiger partial charge in [0.1, 0.15) is 5.75 Å². The highest BCUT2D eigenvalue weighted by atomic mass is 79.9. The number of carbonyl (C=O) groups is 2. The summed E-state index contributed by atoms with van der Waals surface area (Å²) in [5.74, 6) is 5.42. The number of nitrogens with one attached hydrogen (secondary N) is 1. The number of ether oxygens (including phenoxy) is 1. The molecule has 1 fully saturated rings. The van der Waals surface area contributed by atoms with Crippen molar-refractivity contribution in [2.75, 3.05) is 19.7 Å². The predicted octanol–water partition coefficient (Wildman–Crippen LogP) is 2.72. The molecule has 0 radical (unpaired) electrons. The third-order valence-electron chi connectivity index (χ3n) is 4.75. The Morgan fingerprint density at radius 1 is 1.11 bits per heavy atom. The molecule has 0 aliphatic carbocycles. The second-order valence-corrected chi connectivity index (χ2v) is 7.32. The van der Waals surface area contributed by atoms with Crippen molar-refractivity contribution >= 4 is 27.7 Å². The van der Waals surface area contributed by atoms with E-state index in [1.807, 2.05) is 48.5 Å². The van der Waals surface area contributed by atoms with Gasteiger partial charge < -0.3 is 9.64 Å². The van der Waals surface area contributed by atoms with Gasteiger partial charge in [-0.1, -0.05) is 36.4 Å². The van der Waals surface area contributed by atoms with Crippen molar-refractivity contribution in [3.63, 3.8) is 0 Å². The highest BCUT2D eigenvalue weighted by molar-refractivity contribution is 9.10. The zero-order valence-corrected chi connectivity index (χ0v) is 16.4. The molecule has 2 aromatic carbocycles. The number of likely N-dealkylation sites (tertiary alicyclic amines) is 1. The van der Waals surface area contributed by atoms with E-state index in [0.717, 1.165) is 15.6 Å². The van der Waals surface area contributed by atoms with Crippen LogP contribution in [0.5, 0.6) is 5.75 Å². The molecule has 2 aromatic rings. The SMILES string of the molecule is NNC(=O)C1CCN(C(=O)COc2ccc(-c3ccccc3)cc2Br)CC1. The van der Waals surface area contributed by atoms with Crippen LogP contribution in [0.1, 0.15) is 12.8 Å². The molecule has 6 nitrogen and oxygen atoms in total. The quantitative estimate of drug-likeness (QED) is 0.432. The lowest BCUT2D eigenvalue weighted by Gasteiger charge is -2.31. The molecule has 0 spiro atoms. The molecule has 1 saturated heterocycles. The van der Waals surface area contributed by atoms with Crippen molar-refractivity contribution in [3.05, 3.63) is 53.0 Å². The van der Waals surface area contributed by atoms with E-state index in [2.05, 4.69) is 21.4 Å². The summed E-state index contributed by atoms with van der Waals surface area (Å²) in [4.78, 5) is 25.7. The maximum absolute atomic E-state index is 12.4. The molecule has 0 saturated carbocycles. The lowest BCUT2D eigenvalue weighted by Crippen LogP contribution is -2.45. The molecule has 27 heavy (non-hydrogen) atoms. The molecule has 2 amide bonds. The van der Waals surface area contributed by atoms with E-state index < -0.39 is 0 Å². The second-order valence-electron chi connectivity index (χ2n) is 6.46. The van der Waals surface area contributed by atoms with Gasteiger partial charge in [0, 0.05) is 19.0 Å². The smallest absolute Gasteiger partial charge is 0.260 e. The number of hydrogen-bond acceptors (Lipinski definition) is 4. The Labute approximate surface area is 166 Å². The monoisotopic (exact) mass is 431 g/mol. The number of hydrazine groups is 1. The number of rotatable bonds is 5. The van der Waals surface area contributed by atoms with E-state index >= 15 is 0 Å². The van der Waals surface area contributed by atoms with Gasteiger partial charge in [0.15, 0.2) is 6.61 Å². The first-order valence-electron chi connectivity index (χ1n) is 8.84. The molecule has 0 aromatic heterocycles. The fourth-order valence-electron chi connectivity index (χ4n) is 3.17. The van der Waals surface area contributed by atoms with Gasteiger partial charge >= 0.3 is 0 Å². The molecular formula is C20H22BrN3O3. The minimum absolute atomic E-state index is 0.0307. The summed E-state index contributed by atoms with van der Waals surface area (Å²) >= 11 is 3.52. The van der Waals surface area contributed by atoms with Crippen LogP contribution in [-0.4, -0.2) is 36.4 Å². The summed E-state index contributed by atoms with van der Waals surface area (Å²) in [5.41, 5.74) is 4.36. The Hall–Kier alpha value is -2.38. The largest absolute Gasteiger partial charge is 0.483 e. The standard InChI is InChI=1S/C20H22BrN3O3/c21-17-12-16(14-4-2-1-3-5-14)6-7-18(17)27-13-19(25)24-10-8-15(9-11-24)20(26)23-22/h1-7,12,15H,8-11,13,22H2,(H,23,26). The van der Waals surface area contributed by atoms with Crippen LogP contribution in [0.2, 0.25) is 0 Å². The van der Waals surface area contributed by atoms with Crippen LogP contribution >= 0.6 is 15.9 Å². The maximum atomic E-state index is 12.4. The number of nitrogens with zero attached hydrogens (tertiary/aromatic N) is 1. The lowest BCUT2D eigenvalue weighted by molar-refractivity contribution is -0.137. The Morgan fingerprint density at radius 3 is 2.44 bits per heavy atom. The fraction of sp³-hybridized carbons (Fsp3) is 0.300. The predicted molar refractivity (Wildman–Crippen MR) is 107 cm³/mol. The molecule has 0 unspecified atom stereocenters. The van der Waals surface area contributed by atoms with Crippen LogP contribution in [0, 0.1) is 5.92 Å². The van der Waals surface area contributed by atoms with Crippen LogP contribution < -0.4 is 16.0 Å². The molecule has 1 heterocycles. The molecule has 142 valence electrons. The van der Waals surface area contributed by atoms with Crippen molar-refractivity contribution in [3.8, 4) is 16.9 Å². The summed E-state index contributed by atoms with van der Waals surface area (Å²) in [7, 11) is 0. The van der Waals surface area contributed by atoms with Crippen LogP contribution in [0.3, 0.4) is 0 Å². The minimum atomic E-state index is -0.166. The van der Waals surface area contributed by atoms with Gasteiger partial charge in [0.05, 0.1) is 4.47 Å². The summed E-state index contributed by atoms with van der Waals surface area (Å²) < 4.78 is 6.50. The molecule has 1 aliphatic heterocycles. The topological polar surface area (TPSA) is 84.7 Å². The molecule has 3 rings (SSSR count). The molecule has 0 atom stereocenters. The Morgan fingerprint density at radius 2 is 1.81 bits per heavy atom. The van der Waals surface area contributed by atoms with Gasteiger partial charge in [-0.25, -0.2) is 5.84 Å². The first-order valence-corrected chi connectivity index (χ1v) is 9.64. The van der Waals surface area contributed by atoms with Gasteiger partial charge in [-0.3, -0.25) is 15.0 Å². The van der Waals surface area contributed by atoms with E-state index in [4.69, 9.17) is 10.6 Å². The number of amides is 2. The second kappa shape index (κ2) is 9.01. The van der Waals surface area contributed by atoms with Crippen LogP contribution in [0.4, 0.5) is 0 Å². The molecule has 1 aliphatic rings. The van der Waals surface area contributed by atoms with Crippen LogP contribution in [0.25, 0.3) is 11.1 Å². The molecule has 0 bridgehead atoms. The third-order valence-corrected chi connectivity index (χ3v) is 5.37. The Kier molecular flexibility index (Phi) is 6.47. The number of nitrogens with two attached hydrogens (primary N) is 1. The zero-order valence-electron chi connectivity index (χ0n) is 14.9. The van der Waals surface area contributed by atoms with Crippen molar-refractivity contribution in [1.82, 2.24) is 10.3 Å². The van der Waals surface area contributed by atoms with Gasteiger partial charge in [0.2, 0.25) is 5.91 Å². The van der Waals surface area contributed by atoms with Crippen molar-refractivity contribution in [2.24, 2.45) is 11.8 Å². The van der Waals surface area contributed by atoms with Crippen molar-refractivity contribution in [1.29, 1.82) is 0 Å². The normalized spacial score (nSPS) is 14.7. The number of piperidine rings is 1. The average molecular weight is 432 g/mol. The number of halogens is 1. The first kappa shape index (κ1) is 19.4. The Balaban J connectivity index is 1.54. The van der Waals surface area contributed by atoms with E-state index in [9.17, 15) is 9.59 Å². The molecule has 3 N–H and O–H groups in total. The average Bonchev–Trinajstić information content (AvgIpc) is 2.72. The van der Waals surface area contributed by atoms with Gasteiger partial charge in [-0.2, -0.15) is 0 Å². The highest BCUT2D eigenvalue weighted by Gasteiger charge is 2.27. The van der Waals surface area contributed by atoms with E-state index in [1.165, 1.54) is 0 Å². The summed E-state index contributed by atoms with van der Waals surface area (Å²) in [5, 5.41) is 0. The van der Waals surface area contributed by atoms with E-state index in [0.29, 0.717) is 31.7 Å². The van der Waals surface area contributed by atoms with Crippen LogP contribution in [-0.2, 0) is 9.59 Å². The summed E-state index contributed by atoms with van der Waals surface area (Å²) in [6, 6.07) is 15.9. The lowest BCUT2D eigenvalue weighted by atomic mass is 9.96. The Bertz CT molecular complexity index is 805. The third kappa shape index (κ3) is 4.87. The van der Waals surface area contributed by atoms with Crippen molar-refractivity contribution in [2.45, 2.75) is 12.8 Å².